The molecule has 2 aromatic carbocycles. The Labute approximate surface area is 173 Å². The lowest BCUT2D eigenvalue weighted by molar-refractivity contribution is -0.137. The molecule has 1 aromatic heterocycles. The Morgan fingerprint density at radius 3 is 2.37 bits per heavy atom. The molecular formula is C22H23F3N4O. The molecule has 0 saturated carbocycles. The summed E-state index contributed by atoms with van der Waals surface area (Å²) < 4.78 is 46.3. The van der Waals surface area contributed by atoms with Gasteiger partial charge in [0.05, 0.1) is 12.3 Å². The average Bonchev–Trinajstić information content (AvgIpc) is 2.68. The molecule has 0 fully saturated rings. The third-order valence-electron chi connectivity index (χ3n) is 4.11. The van der Waals surface area contributed by atoms with E-state index in [4.69, 9.17) is 4.74 Å². The van der Waals surface area contributed by atoms with Crippen molar-refractivity contribution in [3.05, 3.63) is 65.9 Å². The summed E-state index contributed by atoms with van der Waals surface area (Å²) in [5.41, 5.74) is 1.17. The Hall–Kier alpha value is -3.29. The van der Waals surface area contributed by atoms with Crippen LogP contribution in [0.1, 0.15) is 25.0 Å². The van der Waals surface area contributed by atoms with Gasteiger partial charge in [0, 0.05) is 11.9 Å². The molecule has 158 valence electrons. The highest BCUT2D eigenvalue weighted by Crippen LogP contribution is 2.37. The van der Waals surface area contributed by atoms with E-state index in [1.165, 1.54) is 0 Å². The van der Waals surface area contributed by atoms with Crippen molar-refractivity contribution in [2.75, 3.05) is 17.2 Å². The van der Waals surface area contributed by atoms with Crippen LogP contribution in [-0.4, -0.2) is 16.6 Å². The standard InChI is InChI=1S/C22H23F3N4O/c1-14(2)13-30-19-7-5-4-6-18(19)28-20-17(22(23,24)25)12-26-21(29-20)27-16-10-8-15(3)9-11-16/h4-12,14H,13H2,1-3H3,(H2,26,27,28,29). The second-order valence-electron chi connectivity index (χ2n) is 7.27. The molecule has 0 atom stereocenters. The lowest BCUT2D eigenvalue weighted by Crippen LogP contribution is -2.13. The van der Waals surface area contributed by atoms with Gasteiger partial charge < -0.3 is 15.4 Å². The lowest BCUT2D eigenvalue weighted by atomic mass is 10.2. The van der Waals surface area contributed by atoms with Crippen molar-refractivity contribution < 1.29 is 17.9 Å². The number of para-hydroxylation sites is 2. The number of aromatic nitrogens is 2. The molecule has 0 amide bonds. The van der Waals surface area contributed by atoms with E-state index in [-0.39, 0.29) is 17.7 Å². The normalized spacial score (nSPS) is 11.4. The van der Waals surface area contributed by atoms with Crippen molar-refractivity contribution in [2.45, 2.75) is 26.9 Å². The molecule has 5 nitrogen and oxygen atoms in total. The highest BCUT2D eigenvalue weighted by Gasteiger charge is 2.35. The topological polar surface area (TPSA) is 59.1 Å². The number of aryl methyl sites for hydroxylation is 1. The molecule has 0 aliphatic carbocycles. The minimum Gasteiger partial charge on any atom is -0.491 e. The summed E-state index contributed by atoms with van der Waals surface area (Å²) in [6.07, 6.45) is -3.85. The smallest absolute Gasteiger partial charge is 0.421 e. The number of nitrogens with zero attached hydrogens (tertiary/aromatic N) is 2. The fourth-order valence-electron chi connectivity index (χ4n) is 2.59. The summed E-state index contributed by atoms with van der Waals surface area (Å²) in [6.45, 7) is 6.37. The van der Waals surface area contributed by atoms with Crippen LogP contribution in [0.5, 0.6) is 5.75 Å². The van der Waals surface area contributed by atoms with Gasteiger partial charge in [-0.2, -0.15) is 18.2 Å². The molecule has 0 aliphatic rings. The molecule has 30 heavy (non-hydrogen) atoms. The molecule has 0 aliphatic heterocycles. The quantitative estimate of drug-likeness (QED) is 0.472. The Kier molecular flexibility index (Phi) is 6.44. The minimum absolute atomic E-state index is 0.0509. The van der Waals surface area contributed by atoms with Gasteiger partial charge in [0.1, 0.15) is 17.1 Å². The van der Waals surface area contributed by atoms with Crippen LogP contribution in [0, 0.1) is 12.8 Å². The second kappa shape index (κ2) is 9.02. The first-order chi connectivity index (χ1) is 14.2. The second-order valence-corrected chi connectivity index (χ2v) is 7.27. The van der Waals surface area contributed by atoms with Gasteiger partial charge in [0.15, 0.2) is 0 Å². The predicted octanol–water partition coefficient (Wildman–Crippen LogP) is 6.33. The molecular weight excluding hydrogens is 393 g/mol. The first kappa shape index (κ1) is 21.4. The van der Waals surface area contributed by atoms with Gasteiger partial charge >= 0.3 is 6.18 Å². The van der Waals surface area contributed by atoms with Gasteiger partial charge in [-0.05, 0) is 37.1 Å². The zero-order valence-electron chi connectivity index (χ0n) is 16.9. The Morgan fingerprint density at radius 1 is 1.00 bits per heavy atom. The molecule has 3 rings (SSSR count). The van der Waals surface area contributed by atoms with Crippen molar-refractivity contribution in [3.63, 3.8) is 0 Å². The van der Waals surface area contributed by atoms with Crippen LogP contribution in [-0.2, 0) is 6.18 Å². The number of hydrogen-bond donors (Lipinski definition) is 2. The molecule has 0 radical (unpaired) electrons. The van der Waals surface area contributed by atoms with E-state index in [1.807, 2.05) is 32.9 Å². The number of nitrogens with one attached hydrogen (secondary N) is 2. The van der Waals surface area contributed by atoms with Crippen LogP contribution in [0.15, 0.2) is 54.7 Å². The Morgan fingerprint density at radius 2 is 1.70 bits per heavy atom. The molecule has 8 heteroatoms. The molecule has 1 heterocycles. The highest BCUT2D eigenvalue weighted by molar-refractivity contribution is 5.67. The Balaban J connectivity index is 1.93. The van der Waals surface area contributed by atoms with Crippen LogP contribution in [0.25, 0.3) is 0 Å². The van der Waals surface area contributed by atoms with E-state index in [0.717, 1.165) is 11.8 Å². The van der Waals surface area contributed by atoms with E-state index in [1.54, 1.807) is 36.4 Å². The number of hydrogen-bond acceptors (Lipinski definition) is 5. The number of anilines is 4. The fraction of sp³-hybridized carbons (Fsp3) is 0.273. The molecule has 0 bridgehead atoms. The summed E-state index contributed by atoms with van der Waals surface area (Å²) in [4.78, 5) is 7.91. The van der Waals surface area contributed by atoms with Crippen molar-refractivity contribution in [1.82, 2.24) is 9.97 Å². The zero-order valence-corrected chi connectivity index (χ0v) is 16.9. The molecule has 2 N–H and O–H groups in total. The summed E-state index contributed by atoms with van der Waals surface area (Å²) in [5.74, 6) is 0.418. The molecule has 3 aromatic rings. The molecule has 0 spiro atoms. The van der Waals surface area contributed by atoms with E-state index < -0.39 is 11.7 Å². The van der Waals surface area contributed by atoms with Crippen molar-refractivity contribution >= 4 is 23.1 Å². The Bertz CT molecular complexity index is 988. The van der Waals surface area contributed by atoms with Gasteiger partial charge in [-0.15, -0.1) is 0 Å². The predicted molar refractivity (Wildman–Crippen MR) is 112 cm³/mol. The number of rotatable bonds is 7. The maximum Gasteiger partial charge on any atom is 0.421 e. The zero-order chi connectivity index (χ0) is 21.7. The third-order valence-corrected chi connectivity index (χ3v) is 4.11. The van der Waals surface area contributed by atoms with Crippen LogP contribution < -0.4 is 15.4 Å². The maximum atomic E-state index is 13.5. The number of alkyl halides is 3. The van der Waals surface area contributed by atoms with Crippen LogP contribution in [0.2, 0.25) is 0 Å². The van der Waals surface area contributed by atoms with Crippen LogP contribution in [0.4, 0.5) is 36.3 Å². The van der Waals surface area contributed by atoms with E-state index in [2.05, 4.69) is 20.6 Å². The first-order valence-electron chi connectivity index (χ1n) is 9.49. The van der Waals surface area contributed by atoms with Crippen LogP contribution in [0.3, 0.4) is 0 Å². The summed E-state index contributed by atoms with van der Waals surface area (Å²) in [5, 5.41) is 5.70. The van der Waals surface area contributed by atoms with Gasteiger partial charge in [-0.25, -0.2) is 4.98 Å². The SMILES string of the molecule is Cc1ccc(Nc2ncc(C(F)(F)F)c(Nc3ccccc3OCC(C)C)n2)cc1. The van der Waals surface area contributed by atoms with E-state index in [0.29, 0.717) is 23.7 Å². The minimum atomic E-state index is -4.61. The van der Waals surface area contributed by atoms with Crippen molar-refractivity contribution in [2.24, 2.45) is 5.92 Å². The third kappa shape index (κ3) is 5.62. The average molecular weight is 416 g/mol. The van der Waals surface area contributed by atoms with Crippen LogP contribution >= 0.6 is 0 Å². The number of ether oxygens (including phenoxy) is 1. The lowest BCUT2D eigenvalue weighted by Gasteiger charge is -2.17. The summed E-state index contributed by atoms with van der Waals surface area (Å²) >= 11 is 0. The number of benzene rings is 2. The highest BCUT2D eigenvalue weighted by atomic mass is 19.4. The number of halogens is 3. The first-order valence-corrected chi connectivity index (χ1v) is 9.49. The van der Waals surface area contributed by atoms with Crippen molar-refractivity contribution in [3.8, 4) is 5.75 Å². The largest absolute Gasteiger partial charge is 0.491 e. The van der Waals surface area contributed by atoms with Gasteiger partial charge in [-0.3, -0.25) is 0 Å². The van der Waals surface area contributed by atoms with E-state index in [9.17, 15) is 13.2 Å². The fourth-order valence-corrected chi connectivity index (χ4v) is 2.59. The summed E-state index contributed by atoms with van der Waals surface area (Å²) in [6, 6.07) is 14.2. The molecule has 0 unspecified atom stereocenters. The van der Waals surface area contributed by atoms with Crippen molar-refractivity contribution in [1.29, 1.82) is 0 Å². The molecule has 0 saturated heterocycles. The van der Waals surface area contributed by atoms with Gasteiger partial charge in [0.2, 0.25) is 5.95 Å². The van der Waals surface area contributed by atoms with Gasteiger partial charge in [0.25, 0.3) is 0 Å². The monoisotopic (exact) mass is 416 g/mol. The maximum absolute atomic E-state index is 13.5. The van der Waals surface area contributed by atoms with E-state index >= 15 is 0 Å². The van der Waals surface area contributed by atoms with Gasteiger partial charge in [-0.1, -0.05) is 43.7 Å². The summed E-state index contributed by atoms with van der Waals surface area (Å²) in [7, 11) is 0.